The lowest BCUT2D eigenvalue weighted by atomic mass is 10.0. The Hall–Kier alpha value is -3.51. The maximum atomic E-state index is 13.0. The summed E-state index contributed by atoms with van der Waals surface area (Å²) in [6, 6.07) is 4.78. The van der Waals surface area contributed by atoms with Gasteiger partial charge in [-0.05, 0) is 51.1 Å². The molecule has 12 heteroatoms. The number of carbonyl (C=O) groups excluding carboxylic acids is 4. The Labute approximate surface area is 204 Å². The number of carboxylic acid groups (broad SMARTS) is 1. The van der Waals surface area contributed by atoms with Crippen molar-refractivity contribution in [2.75, 3.05) is 6.54 Å². The number of primary amides is 1. The van der Waals surface area contributed by atoms with Crippen LogP contribution in [-0.4, -0.2) is 65.4 Å². The van der Waals surface area contributed by atoms with Crippen molar-refractivity contribution in [1.29, 1.82) is 0 Å². The highest BCUT2D eigenvalue weighted by Crippen LogP contribution is 2.07. The van der Waals surface area contributed by atoms with Crippen molar-refractivity contribution < 1.29 is 29.1 Å². The summed E-state index contributed by atoms with van der Waals surface area (Å²) in [5, 5.41) is 16.4. The fraction of sp³-hybridized carbons (Fsp3) is 0.522. The van der Waals surface area contributed by atoms with E-state index in [-0.39, 0.29) is 25.7 Å². The highest BCUT2D eigenvalue weighted by atomic mass is 16.4. The summed E-state index contributed by atoms with van der Waals surface area (Å²) in [6.07, 6.45) is 1.28. The van der Waals surface area contributed by atoms with E-state index in [0.717, 1.165) is 5.56 Å². The Kier molecular flexibility index (Phi) is 13.0. The van der Waals surface area contributed by atoms with Crippen molar-refractivity contribution in [2.45, 2.75) is 69.6 Å². The molecule has 0 spiro atoms. The lowest BCUT2D eigenvalue weighted by molar-refractivity contribution is -0.142. The van der Waals surface area contributed by atoms with Crippen molar-refractivity contribution in [3.63, 3.8) is 0 Å². The zero-order valence-corrected chi connectivity index (χ0v) is 19.9. The van der Waals surface area contributed by atoms with Crippen molar-refractivity contribution in [3.8, 4) is 0 Å². The minimum absolute atomic E-state index is 0.143. The van der Waals surface area contributed by atoms with Gasteiger partial charge in [-0.25, -0.2) is 0 Å². The largest absolute Gasteiger partial charge is 0.480 e. The molecule has 0 aliphatic heterocycles. The number of amides is 4. The molecule has 0 aromatic heterocycles. The number of unbranched alkanes of at least 4 members (excludes halogenated alkanes) is 1. The second kappa shape index (κ2) is 15.4. The van der Waals surface area contributed by atoms with Gasteiger partial charge in [0.1, 0.15) is 18.1 Å². The molecule has 35 heavy (non-hydrogen) atoms. The normalized spacial score (nSPS) is 14.1. The van der Waals surface area contributed by atoms with Crippen molar-refractivity contribution in [3.05, 3.63) is 35.9 Å². The molecule has 4 atom stereocenters. The summed E-state index contributed by atoms with van der Waals surface area (Å²) in [5.74, 6) is -3.96. The third-order valence-electron chi connectivity index (χ3n) is 5.26. The van der Waals surface area contributed by atoms with E-state index in [0.29, 0.717) is 19.4 Å². The van der Waals surface area contributed by atoms with Crippen LogP contribution in [0, 0.1) is 0 Å². The SMILES string of the molecule is CC(NC(=O)C(CCC(N)=O)NC(=O)C(CCCCN)NC(=O)C(N)Cc1ccccc1)C(=O)O. The highest BCUT2D eigenvalue weighted by molar-refractivity contribution is 5.94. The molecule has 0 saturated heterocycles. The first-order chi connectivity index (χ1) is 16.5. The Morgan fingerprint density at radius 3 is 2.03 bits per heavy atom. The maximum absolute atomic E-state index is 13.0. The van der Waals surface area contributed by atoms with Crippen LogP contribution in [0.25, 0.3) is 0 Å². The molecule has 0 saturated carbocycles. The summed E-state index contributed by atoms with van der Waals surface area (Å²) >= 11 is 0. The Balaban J connectivity index is 2.93. The van der Waals surface area contributed by atoms with Gasteiger partial charge < -0.3 is 38.3 Å². The number of hydrogen-bond donors (Lipinski definition) is 7. The number of carbonyl (C=O) groups is 5. The average Bonchev–Trinajstić information content (AvgIpc) is 2.81. The van der Waals surface area contributed by atoms with Gasteiger partial charge in [0.05, 0.1) is 6.04 Å². The number of nitrogens with two attached hydrogens (primary N) is 3. The molecule has 0 fully saturated rings. The van der Waals surface area contributed by atoms with Crippen molar-refractivity contribution in [1.82, 2.24) is 16.0 Å². The molecular formula is C23H36N6O6. The molecule has 4 unspecified atom stereocenters. The zero-order chi connectivity index (χ0) is 26.4. The third-order valence-corrected chi connectivity index (χ3v) is 5.26. The van der Waals surface area contributed by atoms with Crippen molar-refractivity contribution >= 4 is 29.6 Å². The number of hydrogen-bond acceptors (Lipinski definition) is 7. The maximum Gasteiger partial charge on any atom is 0.325 e. The standard InChI is InChI=1S/C23H36N6O6/c1-14(23(34)35)27-21(32)18(10-11-19(26)30)29-22(33)17(9-5-6-12-24)28-20(31)16(25)13-15-7-3-2-4-8-15/h2-4,7-8,14,16-18H,5-6,9-13,24-25H2,1H3,(H2,26,30)(H,27,32)(H,28,31)(H,29,33)(H,34,35). The molecule has 0 aliphatic rings. The second-order valence-corrected chi connectivity index (χ2v) is 8.28. The molecule has 1 aromatic carbocycles. The topological polar surface area (TPSA) is 220 Å². The quantitative estimate of drug-likeness (QED) is 0.134. The lowest BCUT2D eigenvalue weighted by Crippen LogP contribution is -2.57. The van der Waals surface area contributed by atoms with Crippen LogP contribution in [0.1, 0.15) is 44.6 Å². The molecule has 0 radical (unpaired) electrons. The average molecular weight is 493 g/mol. The summed E-state index contributed by atoms with van der Waals surface area (Å²) < 4.78 is 0. The van der Waals surface area contributed by atoms with E-state index in [2.05, 4.69) is 16.0 Å². The molecule has 12 nitrogen and oxygen atoms in total. The highest BCUT2D eigenvalue weighted by Gasteiger charge is 2.29. The summed E-state index contributed by atoms with van der Waals surface area (Å²) in [6.45, 7) is 1.66. The minimum Gasteiger partial charge on any atom is -0.480 e. The van der Waals surface area contributed by atoms with Crippen LogP contribution in [0.3, 0.4) is 0 Å². The van der Waals surface area contributed by atoms with Crippen LogP contribution in [-0.2, 0) is 30.4 Å². The predicted octanol–water partition coefficient (Wildman–Crippen LogP) is -1.49. The van der Waals surface area contributed by atoms with Gasteiger partial charge in [-0.15, -0.1) is 0 Å². The Morgan fingerprint density at radius 2 is 1.46 bits per heavy atom. The van der Waals surface area contributed by atoms with Crippen LogP contribution in [0.15, 0.2) is 30.3 Å². The number of benzene rings is 1. The third kappa shape index (κ3) is 11.5. The number of rotatable bonds is 16. The smallest absolute Gasteiger partial charge is 0.325 e. The van der Waals surface area contributed by atoms with Gasteiger partial charge in [0, 0.05) is 6.42 Å². The number of carboxylic acids is 1. The van der Waals surface area contributed by atoms with Crippen LogP contribution in [0.2, 0.25) is 0 Å². The van der Waals surface area contributed by atoms with Gasteiger partial charge in [-0.3, -0.25) is 24.0 Å². The second-order valence-electron chi connectivity index (χ2n) is 8.28. The molecule has 4 amide bonds. The van der Waals surface area contributed by atoms with E-state index in [9.17, 15) is 24.0 Å². The van der Waals surface area contributed by atoms with E-state index in [1.165, 1.54) is 6.92 Å². The lowest BCUT2D eigenvalue weighted by Gasteiger charge is -2.24. The van der Waals surface area contributed by atoms with Crippen molar-refractivity contribution in [2.24, 2.45) is 17.2 Å². The molecule has 0 bridgehead atoms. The number of nitrogens with one attached hydrogen (secondary N) is 3. The first kappa shape index (κ1) is 29.5. The van der Waals surface area contributed by atoms with E-state index in [1.54, 1.807) is 0 Å². The fourth-order valence-corrected chi connectivity index (χ4v) is 3.20. The fourth-order valence-electron chi connectivity index (χ4n) is 3.20. The van der Waals surface area contributed by atoms with Crippen LogP contribution < -0.4 is 33.2 Å². The summed E-state index contributed by atoms with van der Waals surface area (Å²) in [7, 11) is 0. The van der Waals surface area contributed by atoms with Crippen LogP contribution in [0.4, 0.5) is 0 Å². The van der Waals surface area contributed by atoms with Crippen LogP contribution in [0.5, 0.6) is 0 Å². The Bertz CT molecular complexity index is 865. The predicted molar refractivity (Wildman–Crippen MR) is 129 cm³/mol. The first-order valence-electron chi connectivity index (χ1n) is 11.5. The molecule has 0 aliphatic carbocycles. The van der Waals surface area contributed by atoms with Gasteiger partial charge in [0.15, 0.2) is 0 Å². The van der Waals surface area contributed by atoms with Gasteiger partial charge in [-0.2, -0.15) is 0 Å². The molecule has 194 valence electrons. The van der Waals surface area contributed by atoms with E-state index < -0.39 is 53.8 Å². The van der Waals surface area contributed by atoms with Gasteiger partial charge in [0.2, 0.25) is 23.6 Å². The zero-order valence-electron chi connectivity index (χ0n) is 19.9. The van der Waals surface area contributed by atoms with E-state index in [1.807, 2.05) is 30.3 Å². The van der Waals surface area contributed by atoms with Gasteiger partial charge >= 0.3 is 5.97 Å². The number of aliphatic carboxylic acids is 1. The van der Waals surface area contributed by atoms with Gasteiger partial charge in [-0.1, -0.05) is 30.3 Å². The van der Waals surface area contributed by atoms with E-state index >= 15 is 0 Å². The van der Waals surface area contributed by atoms with Gasteiger partial charge in [0.25, 0.3) is 0 Å². The Morgan fingerprint density at radius 1 is 0.886 bits per heavy atom. The summed E-state index contributed by atoms with van der Waals surface area (Å²) in [4.78, 5) is 60.6. The monoisotopic (exact) mass is 492 g/mol. The molecule has 1 aromatic rings. The molecule has 10 N–H and O–H groups in total. The van der Waals surface area contributed by atoms with E-state index in [4.69, 9.17) is 22.3 Å². The van der Waals surface area contributed by atoms with Crippen LogP contribution >= 0.6 is 0 Å². The summed E-state index contributed by atoms with van der Waals surface area (Å²) in [5.41, 5.74) is 17.6. The molecule has 0 heterocycles. The first-order valence-corrected chi connectivity index (χ1v) is 11.5. The molecule has 1 rings (SSSR count). The molecular weight excluding hydrogens is 456 g/mol. The minimum atomic E-state index is -1.27.